The van der Waals surface area contributed by atoms with Gasteiger partial charge in [0, 0.05) is 5.92 Å². The fourth-order valence-corrected chi connectivity index (χ4v) is 2.40. The van der Waals surface area contributed by atoms with E-state index in [-0.39, 0.29) is 23.6 Å². The first-order valence-electron chi connectivity index (χ1n) is 5.60. The number of ether oxygens (including phenoxy) is 1. The third-order valence-electron chi connectivity index (χ3n) is 3.43. The molecule has 3 atom stereocenters. The number of carbonyl (C=O) groups is 2. The van der Waals surface area contributed by atoms with Crippen LogP contribution in [0.2, 0.25) is 0 Å². The van der Waals surface area contributed by atoms with Gasteiger partial charge < -0.3 is 4.74 Å². The number of hydrogen-bond donors (Lipinski definition) is 0. The Morgan fingerprint density at radius 1 is 1.40 bits per heavy atom. The molecule has 1 fully saturated rings. The molecule has 0 spiro atoms. The summed E-state index contributed by atoms with van der Waals surface area (Å²) >= 11 is 0. The summed E-state index contributed by atoms with van der Waals surface area (Å²) in [5.74, 6) is -0.341. The molecule has 0 aromatic heterocycles. The molecule has 1 aliphatic rings. The van der Waals surface area contributed by atoms with Crippen LogP contribution in [0, 0.1) is 23.7 Å². The highest BCUT2D eigenvalue weighted by Crippen LogP contribution is 2.35. The molecule has 0 heterocycles. The lowest BCUT2D eigenvalue weighted by Gasteiger charge is -2.33. The number of esters is 1. The first-order valence-corrected chi connectivity index (χ1v) is 5.60. The Morgan fingerprint density at radius 3 is 2.47 bits per heavy atom. The van der Waals surface area contributed by atoms with E-state index in [2.05, 4.69) is 0 Å². The van der Waals surface area contributed by atoms with Crippen molar-refractivity contribution >= 4 is 11.8 Å². The lowest BCUT2D eigenvalue weighted by molar-refractivity contribution is -0.155. The van der Waals surface area contributed by atoms with E-state index in [4.69, 9.17) is 4.74 Å². The summed E-state index contributed by atoms with van der Waals surface area (Å²) in [6.07, 6.45) is 1.85. The van der Waals surface area contributed by atoms with Gasteiger partial charge in [-0.2, -0.15) is 0 Å². The summed E-state index contributed by atoms with van der Waals surface area (Å²) in [5, 5.41) is 0. The van der Waals surface area contributed by atoms with Crippen molar-refractivity contribution in [3.05, 3.63) is 0 Å². The summed E-state index contributed by atoms with van der Waals surface area (Å²) < 4.78 is 4.70. The lowest BCUT2D eigenvalue weighted by atomic mass is 9.70. The van der Waals surface area contributed by atoms with E-state index in [0.717, 1.165) is 12.8 Å². The van der Waals surface area contributed by atoms with E-state index >= 15 is 0 Å². The van der Waals surface area contributed by atoms with Gasteiger partial charge in [-0.3, -0.25) is 9.59 Å². The van der Waals surface area contributed by atoms with Crippen molar-refractivity contribution in [2.24, 2.45) is 23.7 Å². The van der Waals surface area contributed by atoms with Crippen LogP contribution in [0.3, 0.4) is 0 Å². The summed E-state index contributed by atoms with van der Waals surface area (Å²) in [7, 11) is 1.35. The Morgan fingerprint density at radius 2 is 2.00 bits per heavy atom. The maximum Gasteiger partial charge on any atom is 0.316 e. The zero-order valence-corrected chi connectivity index (χ0v) is 9.95. The van der Waals surface area contributed by atoms with Gasteiger partial charge in [0.25, 0.3) is 0 Å². The second kappa shape index (κ2) is 4.77. The highest BCUT2D eigenvalue weighted by molar-refractivity contribution is 6.01. The largest absolute Gasteiger partial charge is 0.468 e. The highest BCUT2D eigenvalue weighted by Gasteiger charge is 2.41. The van der Waals surface area contributed by atoms with Crippen LogP contribution >= 0.6 is 0 Å². The van der Waals surface area contributed by atoms with Crippen LogP contribution in [-0.4, -0.2) is 18.9 Å². The first-order chi connectivity index (χ1) is 6.99. The molecular weight excluding hydrogens is 192 g/mol. The van der Waals surface area contributed by atoms with Gasteiger partial charge in [0.1, 0.15) is 5.92 Å². The molecule has 0 amide bonds. The van der Waals surface area contributed by atoms with Crippen molar-refractivity contribution < 1.29 is 14.3 Å². The topological polar surface area (TPSA) is 43.4 Å². The molecule has 1 saturated carbocycles. The molecule has 0 aromatic carbocycles. The lowest BCUT2D eigenvalue weighted by Crippen LogP contribution is -2.41. The molecule has 0 saturated heterocycles. The van der Waals surface area contributed by atoms with Crippen LogP contribution in [0.5, 0.6) is 0 Å². The fourth-order valence-electron chi connectivity index (χ4n) is 2.40. The number of rotatable bonds is 2. The standard InChI is InChI=1S/C12H20O3/c1-7(2)9-6-5-8(3)10(11(9)13)12(14)15-4/h7-10H,5-6H2,1-4H3. The quantitative estimate of drug-likeness (QED) is 0.519. The minimum Gasteiger partial charge on any atom is -0.468 e. The zero-order valence-electron chi connectivity index (χ0n) is 9.95. The minimum absolute atomic E-state index is 0.0327. The van der Waals surface area contributed by atoms with Crippen molar-refractivity contribution in [3.8, 4) is 0 Å². The van der Waals surface area contributed by atoms with Crippen LogP contribution < -0.4 is 0 Å². The smallest absolute Gasteiger partial charge is 0.316 e. The molecule has 0 radical (unpaired) electrons. The van der Waals surface area contributed by atoms with Crippen LogP contribution in [0.25, 0.3) is 0 Å². The second-order valence-electron chi connectivity index (χ2n) is 4.81. The van der Waals surface area contributed by atoms with E-state index < -0.39 is 5.92 Å². The van der Waals surface area contributed by atoms with Crippen LogP contribution in [-0.2, 0) is 14.3 Å². The summed E-state index contributed by atoms with van der Waals surface area (Å²) in [6, 6.07) is 0. The van der Waals surface area contributed by atoms with Gasteiger partial charge in [-0.1, -0.05) is 20.8 Å². The van der Waals surface area contributed by atoms with Crippen LogP contribution in [0.1, 0.15) is 33.6 Å². The Hall–Kier alpha value is -0.860. The Balaban J connectivity index is 2.83. The third-order valence-corrected chi connectivity index (χ3v) is 3.43. The molecule has 15 heavy (non-hydrogen) atoms. The molecule has 0 aliphatic heterocycles. The Kier molecular flexibility index (Phi) is 3.89. The average Bonchev–Trinajstić information content (AvgIpc) is 2.16. The minimum atomic E-state index is -0.531. The summed E-state index contributed by atoms with van der Waals surface area (Å²) in [4.78, 5) is 23.6. The molecule has 0 aromatic rings. The predicted molar refractivity (Wildman–Crippen MR) is 57.2 cm³/mol. The van der Waals surface area contributed by atoms with Gasteiger partial charge in [-0.15, -0.1) is 0 Å². The van der Waals surface area contributed by atoms with Gasteiger partial charge in [0.05, 0.1) is 7.11 Å². The first kappa shape index (κ1) is 12.2. The molecule has 1 aliphatic carbocycles. The molecule has 86 valence electrons. The fraction of sp³-hybridized carbons (Fsp3) is 0.833. The maximum atomic E-state index is 12.1. The monoisotopic (exact) mass is 212 g/mol. The highest BCUT2D eigenvalue weighted by atomic mass is 16.5. The molecular formula is C12H20O3. The number of hydrogen-bond acceptors (Lipinski definition) is 3. The van der Waals surface area contributed by atoms with Gasteiger partial charge >= 0.3 is 5.97 Å². The zero-order chi connectivity index (χ0) is 11.6. The van der Waals surface area contributed by atoms with Gasteiger partial charge in [-0.25, -0.2) is 0 Å². The Bertz CT molecular complexity index is 258. The van der Waals surface area contributed by atoms with Crippen molar-refractivity contribution in [3.63, 3.8) is 0 Å². The molecule has 0 bridgehead atoms. The summed E-state index contributed by atoms with van der Waals surface area (Å²) in [6.45, 7) is 6.02. The van der Waals surface area contributed by atoms with Gasteiger partial charge in [-0.05, 0) is 24.7 Å². The maximum absolute atomic E-state index is 12.1. The van der Waals surface area contributed by atoms with E-state index in [9.17, 15) is 9.59 Å². The molecule has 3 heteroatoms. The number of carbonyl (C=O) groups excluding carboxylic acids is 2. The van der Waals surface area contributed by atoms with Crippen molar-refractivity contribution in [2.45, 2.75) is 33.6 Å². The van der Waals surface area contributed by atoms with Crippen molar-refractivity contribution in [1.29, 1.82) is 0 Å². The molecule has 0 N–H and O–H groups in total. The van der Waals surface area contributed by atoms with Crippen LogP contribution in [0.4, 0.5) is 0 Å². The number of Topliss-reactive ketones (excluding diaryl/α,β-unsaturated/α-hetero) is 1. The Labute approximate surface area is 91.2 Å². The molecule has 3 unspecified atom stereocenters. The van der Waals surface area contributed by atoms with E-state index in [0.29, 0.717) is 5.92 Å². The number of methoxy groups -OCH3 is 1. The van der Waals surface area contributed by atoms with Gasteiger partial charge in [0.2, 0.25) is 0 Å². The van der Waals surface area contributed by atoms with E-state index in [1.54, 1.807) is 0 Å². The normalized spacial score (nSPS) is 31.8. The SMILES string of the molecule is COC(=O)C1C(=O)C(C(C)C)CCC1C. The van der Waals surface area contributed by atoms with Crippen LogP contribution in [0.15, 0.2) is 0 Å². The second-order valence-corrected chi connectivity index (χ2v) is 4.81. The average molecular weight is 212 g/mol. The molecule has 3 nitrogen and oxygen atoms in total. The predicted octanol–water partition coefficient (Wildman–Crippen LogP) is 2.05. The van der Waals surface area contributed by atoms with Crippen molar-refractivity contribution in [1.82, 2.24) is 0 Å². The summed E-state index contributed by atoms with van der Waals surface area (Å²) in [5.41, 5.74) is 0. The van der Waals surface area contributed by atoms with Gasteiger partial charge in [0.15, 0.2) is 5.78 Å². The van der Waals surface area contributed by atoms with E-state index in [1.807, 2.05) is 20.8 Å². The third kappa shape index (κ3) is 2.39. The van der Waals surface area contributed by atoms with Crippen molar-refractivity contribution in [2.75, 3.05) is 7.11 Å². The number of ketones is 1. The van der Waals surface area contributed by atoms with E-state index in [1.165, 1.54) is 7.11 Å². The molecule has 1 rings (SSSR count).